The molecule has 18 heavy (non-hydrogen) atoms. The van der Waals surface area contributed by atoms with Gasteiger partial charge >= 0.3 is 0 Å². The predicted molar refractivity (Wildman–Crippen MR) is 69.7 cm³/mol. The maximum Gasteiger partial charge on any atom is 0.160 e. The van der Waals surface area contributed by atoms with Gasteiger partial charge in [-0.3, -0.25) is 0 Å². The van der Waals surface area contributed by atoms with Gasteiger partial charge in [0.25, 0.3) is 0 Å². The highest BCUT2D eigenvalue weighted by molar-refractivity contribution is 6.31. The number of benzene rings is 1. The minimum atomic E-state index is -0.891. The Balaban J connectivity index is 2.35. The summed E-state index contributed by atoms with van der Waals surface area (Å²) in [5.74, 6) is -0.720. The van der Waals surface area contributed by atoms with Crippen LogP contribution in [0.4, 0.5) is 8.78 Å². The van der Waals surface area contributed by atoms with Gasteiger partial charge in [0.1, 0.15) is 0 Å². The zero-order valence-electron chi connectivity index (χ0n) is 10.6. The molecular formula is C14H18ClF2N. The Hall–Kier alpha value is -0.670. The Morgan fingerprint density at radius 1 is 1.28 bits per heavy atom. The van der Waals surface area contributed by atoms with Crippen molar-refractivity contribution in [2.45, 2.75) is 32.2 Å². The van der Waals surface area contributed by atoms with Gasteiger partial charge < -0.3 is 5.32 Å². The first kappa shape index (κ1) is 13.8. The topological polar surface area (TPSA) is 12.0 Å². The van der Waals surface area contributed by atoms with Crippen LogP contribution in [0.3, 0.4) is 0 Å². The summed E-state index contributed by atoms with van der Waals surface area (Å²) >= 11 is 6.05. The summed E-state index contributed by atoms with van der Waals surface area (Å²) in [6.07, 6.45) is 3.47. The molecule has 3 atom stereocenters. The molecule has 1 aliphatic carbocycles. The SMILES string of the molecule is CNC(c1cc(F)c(F)cc1Cl)C1CCCC1C. The van der Waals surface area contributed by atoms with E-state index in [1.165, 1.54) is 18.9 Å². The lowest BCUT2D eigenvalue weighted by Crippen LogP contribution is -2.27. The van der Waals surface area contributed by atoms with Crippen molar-refractivity contribution in [1.82, 2.24) is 5.32 Å². The molecule has 1 aromatic carbocycles. The van der Waals surface area contributed by atoms with Gasteiger partial charge in [0.05, 0.1) is 0 Å². The maximum absolute atomic E-state index is 13.4. The lowest BCUT2D eigenvalue weighted by atomic mass is 9.86. The van der Waals surface area contributed by atoms with E-state index in [0.29, 0.717) is 22.4 Å². The van der Waals surface area contributed by atoms with Crippen LogP contribution in [0.2, 0.25) is 5.02 Å². The molecule has 1 fully saturated rings. The summed E-state index contributed by atoms with van der Waals surface area (Å²) in [6, 6.07) is 2.28. The van der Waals surface area contributed by atoms with Crippen LogP contribution < -0.4 is 5.32 Å². The Morgan fingerprint density at radius 2 is 1.94 bits per heavy atom. The first-order valence-electron chi connectivity index (χ1n) is 6.36. The number of hydrogen-bond acceptors (Lipinski definition) is 1. The third kappa shape index (κ3) is 2.52. The van der Waals surface area contributed by atoms with Crippen molar-refractivity contribution in [1.29, 1.82) is 0 Å². The van der Waals surface area contributed by atoms with Gasteiger partial charge in [-0.05, 0) is 43.0 Å². The number of rotatable bonds is 3. The third-order valence-corrected chi connectivity index (χ3v) is 4.37. The van der Waals surface area contributed by atoms with Crippen molar-refractivity contribution >= 4 is 11.6 Å². The zero-order valence-corrected chi connectivity index (χ0v) is 11.4. The summed E-state index contributed by atoms with van der Waals surface area (Å²) in [5.41, 5.74) is 0.664. The molecule has 3 unspecified atom stereocenters. The van der Waals surface area contributed by atoms with Crippen LogP contribution in [-0.4, -0.2) is 7.05 Å². The van der Waals surface area contributed by atoms with Gasteiger partial charge in [0, 0.05) is 11.1 Å². The maximum atomic E-state index is 13.4. The molecule has 1 aromatic rings. The van der Waals surface area contributed by atoms with E-state index >= 15 is 0 Å². The van der Waals surface area contributed by atoms with E-state index in [1.807, 2.05) is 7.05 Å². The van der Waals surface area contributed by atoms with Gasteiger partial charge in [-0.2, -0.15) is 0 Å². The molecule has 100 valence electrons. The molecule has 1 N–H and O–H groups in total. The summed E-state index contributed by atoms with van der Waals surface area (Å²) < 4.78 is 26.5. The van der Waals surface area contributed by atoms with Crippen molar-refractivity contribution in [2.24, 2.45) is 11.8 Å². The van der Waals surface area contributed by atoms with Gasteiger partial charge in [-0.15, -0.1) is 0 Å². The summed E-state index contributed by atoms with van der Waals surface area (Å²) in [5, 5.41) is 3.50. The Kier molecular flexibility index (Phi) is 4.23. The first-order chi connectivity index (χ1) is 8.54. The van der Waals surface area contributed by atoms with Gasteiger partial charge in [0.15, 0.2) is 11.6 Å². The zero-order chi connectivity index (χ0) is 13.3. The van der Waals surface area contributed by atoms with Gasteiger partial charge in [-0.1, -0.05) is 31.4 Å². The average molecular weight is 274 g/mol. The van der Waals surface area contributed by atoms with Gasteiger partial charge in [0.2, 0.25) is 0 Å². The molecule has 0 heterocycles. The van der Waals surface area contributed by atoms with Crippen LogP contribution in [0, 0.1) is 23.5 Å². The van der Waals surface area contributed by atoms with Crippen LogP contribution >= 0.6 is 11.6 Å². The molecule has 0 saturated heterocycles. The molecule has 2 rings (SSSR count). The van der Waals surface area contributed by atoms with Gasteiger partial charge in [-0.25, -0.2) is 8.78 Å². The normalized spacial score (nSPS) is 25.4. The number of nitrogens with one attached hydrogen (secondary N) is 1. The second kappa shape index (κ2) is 5.54. The minimum absolute atomic E-state index is 0.00917. The van der Waals surface area contributed by atoms with Crippen LogP contribution in [0.1, 0.15) is 37.8 Å². The highest BCUT2D eigenvalue weighted by atomic mass is 35.5. The molecular weight excluding hydrogens is 256 g/mol. The molecule has 1 saturated carbocycles. The molecule has 1 aliphatic rings. The molecule has 4 heteroatoms. The summed E-state index contributed by atoms with van der Waals surface area (Å²) in [4.78, 5) is 0. The Morgan fingerprint density at radius 3 is 2.50 bits per heavy atom. The van der Waals surface area contributed by atoms with E-state index in [-0.39, 0.29) is 6.04 Å². The van der Waals surface area contributed by atoms with Crippen LogP contribution in [-0.2, 0) is 0 Å². The van der Waals surface area contributed by atoms with E-state index in [9.17, 15) is 8.78 Å². The lowest BCUT2D eigenvalue weighted by molar-refractivity contribution is 0.314. The van der Waals surface area contributed by atoms with Crippen LogP contribution in [0.5, 0.6) is 0 Å². The van der Waals surface area contributed by atoms with Crippen LogP contribution in [0.25, 0.3) is 0 Å². The van der Waals surface area contributed by atoms with E-state index in [1.54, 1.807) is 0 Å². The standard InChI is InChI=1S/C14H18ClF2N/c1-8-4-3-5-9(8)14(18-2)10-6-12(16)13(17)7-11(10)15/h6-9,14,18H,3-5H2,1-2H3. The second-order valence-electron chi connectivity index (χ2n) is 5.13. The van der Waals surface area contributed by atoms with Crippen molar-refractivity contribution in [3.8, 4) is 0 Å². The highest BCUT2D eigenvalue weighted by Gasteiger charge is 2.32. The van der Waals surface area contributed by atoms with Crippen molar-refractivity contribution < 1.29 is 8.78 Å². The fraction of sp³-hybridized carbons (Fsp3) is 0.571. The molecule has 1 nitrogen and oxygen atoms in total. The van der Waals surface area contributed by atoms with E-state index in [2.05, 4.69) is 12.2 Å². The number of halogens is 3. The Bertz CT molecular complexity index is 436. The summed E-state index contributed by atoms with van der Waals surface area (Å²) in [7, 11) is 1.84. The lowest BCUT2D eigenvalue weighted by Gasteiger charge is -2.28. The fourth-order valence-electron chi connectivity index (χ4n) is 3.05. The second-order valence-corrected chi connectivity index (χ2v) is 5.53. The Labute approximate surface area is 112 Å². The molecule has 0 aromatic heterocycles. The molecule has 0 amide bonds. The fourth-order valence-corrected chi connectivity index (χ4v) is 3.31. The van der Waals surface area contributed by atoms with Crippen molar-refractivity contribution in [2.75, 3.05) is 7.05 Å². The molecule has 0 spiro atoms. The highest BCUT2D eigenvalue weighted by Crippen LogP contribution is 2.41. The quantitative estimate of drug-likeness (QED) is 0.809. The smallest absolute Gasteiger partial charge is 0.160 e. The molecule has 0 bridgehead atoms. The largest absolute Gasteiger partial charge is 0.313 e. The van der Waals surface area contributed by atoms with E-state index in [4.69, 9.17) is 11.6 Å². The van der Waals surface area contributed by atoms with Crippen molar-refractivity contribution in [3.05, 3.63) is 34.4 Å². The number of hydrogen-bond donors (Lipinski definition) is 1. The van der Waals surface area contributed by atoms with E-state index < -0.39 is 11.6 Å². The average Bonchev–Trinajstić information content (AvgIpc) is 2.73. The predicted octanol–water partition coefficient (Wildman–Crippen LogP) is 4.31. The third-order valence-electron chi connectivity index (χ3n) is 4.04. The molecule has 0 radical (unpaired) electrons. The monoisotopic (exact) mass is 273 g/mol. The van der Waals surface area contributed by atoms with E-state index in [0.717, 1.165) is 12.5 Å². The molecule has 0 aliphatic heterocycles. The first-order valence-corrected chi connectivity index (χ1v) is 6.74. The minimum Gasteiger partial charge on any atom is -0.313 e. The summed E-state index contributed by atoms with van der Waals surface area (Å²) in [6.45, 7) is 2.20. The van der Waals surface area contributed by atoms with Crippen LogP contribution in [0.15, 0.2) is 12.1 Å². The van der Waals surface area contributed by atoms with Crippen molar-refractivity contribution in [3.63, 3.8) is 0 Å².